The van der Waals surface area contributed by atoms with Crippen molar-refractivity contribution in [3.63, 3.8) is 0 Å². The number of rotatable bonds is 2. The van der Waals surface area contributed by atoms with E-state index in [9.17, 15) is 18.0 Å². The summed E-state index contributed by atoms with van der Waals surface area (Å²) in [6.07, 6.45) is -5.02. The maximum absolute atomic E-state index is 12.1. The molecule has 0 bridgehead atoms. The van der Waals surface area contributed by atoms with Gasteiger partial charge in [-0.05, 0) is 0 Å². The molecular formula is C6H10F3NO2. The van der Waals surface area contributed by atoms with Crippen molar-refractivity contribution < 1.29 is 23.1 Å². The fourth-order valence-electron chi connectivity index (χ4n) is 0.752. The van der Waals surface area contributed by atoms with Gasteiger partial charge in [-0.1, -0.05) is 13.8 Å². The third kappa shape index (κ3) is 1.52. The van der Waals surface area contributed by atoms with E-state index in [-0.39, 0.29) is 0 Å². The Morgan fingerprint density at radius 3 is 1.75 bits per heavy atom. The summed E-state index contributed by atoms with van der Waals surface area (Å²) in [5.41, 5.74) is 1.03. The van der Waals surface area contributed by atoms with Crippen molar-refractivity contribution in [3.05, 3.63) is 0 Å². The number of halogens is 3. The van der Waals surface area contributed by atoms with Crippen molar-refractivity contribution in [1.82, 2.24) is 0 Å². The number of carbonyl (C=O) groups is 1. The Labute approximate surface area is 67.4 Å². The molecule has 0 aromatic heterocycles. The van der Waals surface area contributed by atoms with Crippen LogP contribution in [0.15, 0.2) is 0 Å². The van der Waals surface area contributed by atoms with Gasteiger partial charge < -0.3 is 10.8 Å². The normalized spacial score (nSPS) is 17.6. The molecule has 0 saturated heterocycles. The van der Waals surface area contributed by atoms with Crippen LogP contribution in [0.2, 0.25) is 0 Å². The van der Waals surface area contributed by atoms with Crippen LogP contribution in [-0.4, -0.2) is 22.8 Å². The number of nitrogens with two attached hydrogens (primary N) is 1. The molecule has 0 unspecified atom stereocenters. The maximum atomic E-state index is 12.1. The lowest BCUT2D eigenvalue weighted by molar-refractivity contribution is -0.263. The van der Waals surface area contributed by atoms with Gasteiger partial charge in [-0.3, -0.25) is 4.79 Å². The van der Waals surface area contributed by atoms with Crippen LogP contribution in [0.3, 0.4) is 0 Å². The summed E-state index contributed by atoms with van der Waals surface area (Å²) in [6, 6.07) is 0. The van der Waals surface area contributed by atoms with Crippen molar-refractivity contribution in [3.8, 4) is 0 Å². The Balaban J connectivity index is 5.02. The molecule has 12 heavy (non-hydrogen) atoms. The first kappa shape index (κ1) is 11.2. The topological polar surface area (TPSA) is 63.3 Å². The zero-order valence-corrected chi connectivity index (χ0v) is 6.64. The molecule has 3 N–H and O–H groups in total. The first-order chi connectivity index (χ1) is 5.14. The van der Waals surface area contributed by atoms with E-state index >= 15 is 0 Å². The summed E-state index contributed by atoms with van der Waals surface area (Å²) in [6.45, 7) is 2.14. The second-order valence-corrected chi connectivity index (χ2v) is 2.78. The Kier molecular flexibility index (Phi) is 2.74. The van der Waals surface area contributed by atoms with E-state index in [0.29, 0.717) is 0 Å². The van der Waals surface area contributed by atoms with Crippen LogP contribution in [0.25, 0.3) is 0 Å². The molecular weight excluding hydrogens is 175 g/mol. The highest BCUT2D eigenvalue weighted by molar-refractivity contribution is 5.84. The summed E-state index contributed by atoms with van der Waals surface area (Å²) < 4.78 is 36.2. The minimum absolute atomic E-state index is 1.07. The molecule has 0 aliphatic carbocycles. The lowest BCUT2D eigenvalue weighted by Gasteiger charge is -2.30. The number of primary amides is 1. The van der Waals surface area contributed by atoms with Gasteiger partial charge in [-0.15, -0.1) is 0 Å². The molecule has 72 valence electrons. The number of hydrogen-bond acceptors (Lipinski definition) is 2. The van der Waals surface area contributed by atoms with Crippen LogP contribution in [-0.2, 0) is 4.79 Å². The van der Waals surface area contributed by atoms with Crippen LogP contribution < -0.4 is 5.73 Å². The van der Waals surface area contributed by atoms with Crippen molar-refractivity contribution in [2.24, 2.45) is 11.7 Å². The zero-order chi connectivity index (χ0) is 10.2. The smallest absolute Gasteiger partial charge is 0.372 e. The molecule has 0 aromatic carbocycles. The van der Waals surface area contributed by atoms with Gasteiger partial charge in [0.05, 0.1) is 0 Å². The highest BCUT2D eigenvalue weighted by atomic mass is 19.4. The monoisotopic (exact) mass is 185 g/mol. The quantitative estimate of drug-likeness (QED) is 0.654. The van der Waals surface area contributed by atoms with E-state index in [1.165, 1.54) is 0 Å². The number of aliphatic hydroxyl groups is 1. The molecule has 0 spiro atoms. The average Bonchev–Trinajstić information content (AvgIpc) is 1.82. The summed E-state index contributed by atoms with van der Waals surface area (Å²) in [5, 5.41) is 8.90. The molecule has 0 heterocycles. The summed E-state index contributed by atoms with van der Waals surface area (Å²) in [5.74, 6) is -3.07. The predicted octanol–water partition coefficient (Wildman–Crippen LogP) is 0.421. The summed E-state index contributed by atoms with van der Waals surface area (Å²) in [4.78, 5) is 10.4. The Hall–Kier alpha value is -0.780. The number of amides is 1. The Morgan fingerprint density at radius 2 is 1.75 bits per heavy atom. The van der Waals surface area contributed by atoms with E-state index in [0.717, 1.165) is 13.8 Å². The minimum Gasteiger partial charge on any atom is -0.372 e. The highest BCUT2D eigenvalue weighted by Crippen LogP contribution is 2.35. The standard InChI is InChI=1S/C6H10F3NO2/c1-3(2)5(12,4(10)11)6(7,8)9/h3,12H,1-2H3,(H2,10,11)/t5-/m0/s1. The molecule has 0 fully saturated rings. The minimum atomic E-state index is -5.02. The van der Waals surface area contributed by atoms with E-state index in [4.69, 9.17) is 5.11 Å². The summed E-state index contributed by atoms with van der Waals surface area (Å²) in [7, 11) is 0. The Morgan fingerprint density at radius 1 is 1.42 bits per heavy atom. The molecule has 3 nitrogen and oxygen atoms in total. The van der Waals surface area contributed by atoms with Crippen molar-refractivity contribution in [2.45, 2.75) is 25.6 Å². The SMILES string of the molecule is CC(C)[C@](O)(C(N)=O)C(F)(F)F. The summed E-state index contributed by atoms with van der Waals surface area (Å²) >= 11 is 0. The van der Waals surface area contributed by atoms with Gasteiger partial charge in [0.2, 0.25) is 5.60 Å². The molecule has 0 aliphatic heterocycles. The molecule has 1 amide bonds. The molecule has 0 rings (SSSR count). The third-order valence-corrected chi connectivity index (χ3v) is 1.64. The molecule has 0 aromatic rings. The van der Waals surface area contributed by atoms with E-state index in [2.05, 4.69) is 5.73 Å². The predicted molar refractivity (Wildman–Crippen MR) is 35.0 cm³/mol. The van der Waals surface area contributed by atoms with Gasteiger partial charge in [0.1, 0.15) is 0 Å². The Bertz CT molecular complexity index is 190. The lowest BCUT2D eigenvalue weighted by atomic mass is 9.89. The van der Waals surface area contributed by atoms with E-state index in [1.54, 1.807) is 0 Å². The number of hydrogen-bond donors (Lipinski definition) is 2. The van der Waals surface area contributed by atoms with E-state index < -0.39 is 23.6 Å². The number of carbonyl (C=O) groups excluding carboxylic acids is 1. The second kappa shape index (κ2) is 2.93. The van der Waals surface area contributed by atoms with Crippen LogP contribution >= 0.6 is 0 Å². The van der Waals surface area contributed by atoms with Crippen molar-refractivity contribution in [2.75, 3.05) is 0 Å². The second-order valence-electron chi connectivity index (χ2n) is 2.78. The maximum Gasteiger partial charge on any atom is 0.426 e. The van der Waals surface area contributed by atoms with Crippen molar-refractivity contribution in [1.29, 1.82) is 0 Å². The zero-order valence-electron chi connectivity index (χ0n) is 6.64. The van der Waals surface area contributed by atoms with Crippen LogP contribution in [0.4, 0.5) is 13.2 Å². The number of alkyl halides is 3. The van der Waals surface area contributed by atoms with E-state index in [1.807, 2.05) is 0 Å². The molecule has 0 aliphatic rings. The molecule has 0 radical (unpaired) electrons. The van der Waals surface area contributed by atoms with Gasteiger partial charge >= 0.3 is 6.18 Å². The third-order valence-electron chi connectivity index (χ3n) is 1.64. The first-order valence-electron chi connectivity index (χ1n) is 3.23. The van der Waals surface area contributed by atoms with Crippen LogP contribution in [0, 0.1) is 5.92 Å². The lowest BCUT2D eigenvalue weighted by Crippen LogP contribution is -2.58. The van der Waals surface area contributed by atoms with Crippen LogP contribution in [0.5, 0.6) is 0 Å². The fourth-order valence-corrected chi connectivity index (χ4v) is 0.752. The van der Waals surface area contributed by atoms with Gasteiger partial charge in [-0.25, -0.2) is 0 Å². The van der Waals surface area contributed by atoms with Gasteiger partial charge in [0.25, 0.3) is 5.91 Å². The van der Waals surface area contributed by atoms with Crippen LogP contribution in [0.1, 0.15) is 13.8 Å². The first-order valence-corrected chi connectivity index (χ1v) is 3.23. The largest absolute Gasteiger partial charge is 0.426 e. The fraction of sp³-hybridized carbons (Fsp3) is 0.833. The van der Waals surface area contributed by atoms with Gasteiger partial charge in [0, 0.05) is 5.92 Å². The van der Waals surface area contributed by atoms with Gasteiger partial charge in [-0.2, -0.15) is 13.2 Å². The molecule has 1 atom stereocenters. The molecule has 6 heteroatoms. The van der Waals surface area contributed by atoms with Crippen molar-refractivity contribution >= 4 is 5.91 Å². The van der Waals surface area contributed by atoms with Gasteiger partial charge in [0.15, 0.2) is 0 Å². The average molecular weight is 185 g/mol. The highest BCUT2D eigenvalue weighted by Gasteiger charge is 2.60. The molecule has 0 saturated carbocycles.